The molecule has 152 valence electrons. The van der Waals surface area contributed by atoms with Gasteiger partial charge in [-0.2, -0.15) is 0 Å². The number of nitrogens with zero attached hydrogens (tertiary/aromatic N) is 1. The van der Waals surface area contributed by atoms with Gasteiger partial charge in [-0.05, 0) is 48.2 Å². The fraction of sp³-hybridized carbons (Fsp3) is 0.130. The molecule has 2 amide bonds. The van der Waals surface area contributed by atoms with Crippen LogP contribution in [-0.2, 0) is 9.59 Å². The van der Waals surface area contributed by atoms with Crippen LogP contribution in [-0.4, -0.2) is 26.0 Å². The SMILES string of the molecule is COc1ccc(OC)c(NC2=C(c3cccs3)C(=O)N(c3cccc(C)c3)C2=O)c1. The van der Waals surface area contributed by atoms with Gasteiger partial charge in [-0.3, -0.25) is 9.59 Å². The lowest BCUT2D eigenvalue weighted by Crippen LogP contribution is -2.32. The van der Waals surface area contributed by atoms with E-state index in [1.165, 1.54) is 16.2 Å². The van der Waals surface area contributed by atoms with Crippen LogP contribution in [0, 0.1) is 6.92 Å². The van der Waals surface area contributed by atoms with E-state index in [1.807, 2.05) is 42.6 Å². The highest BCUT2D eigenvalue weighted by atomic mass is 32.1. The summed E-state index contributed by atoms with van der Waals surface area (Å²) in [5, 5.41) is 5.01. The molecular formula is C23H20N2O4S. The molecule has 0 atom stereocenters. The lowest BCUT2D eigenvalue weighted by atomic mass is 10.1. The zero-order chi connectivity index (χ0) is 21.3. The number of carbonyl (C=O) groups is 2. The first-order valence-corrected chi connectivity index (χ1v) is 10.1. The first kappa shape index (κ1) is 19.7. The number of imide groups is 1. The van der Waals surface area contributed by atoms with Crippen molar-refractivity contribution in [2.24, 2.45) is 0 Å². The number of anilines is 2. The predicted octanol–water partition coefficient (Wildman–Crippen LogP) is 4.47. The summed E-state index contributed by atoms with van der Waals surface area (Å²) < 4.78 is 10.7. The number of aryl methyl sites for hydroxylation is 1. The van der Waals surface area contributed by atoms with Crippen LogP contribution < -0.4 is 19.7 Å². The van der Waals surface area contributed by atoms with Gasteiger partial charge in [0, 0.05) is 10.9 Å². The number of rotatable bonds is 6. The Kier molecular flexibility index (Phi) is 5.29. The smallest absolute Gasteiger partial charge is 0.282 e. The summed E-state index contributed by atoms with van der Waals surface area (Å²) >= 11 is 1.40. The average Bonchev–Trinajstić information content (AvgIpc) is 3.34. The van der Waals surface area contributed by atoms with Crippen LogP contribution in [0.25, 0.3) is 5.57 Å². The lowest BCUT2D eigenvalue weighted by molar-refractivity contribution is -0.120. The third kappa shape index (κ3) is 3.44. The second kappa shape index (κ2) is 8.04. The van der Waals surface area contributed by atoms with E-state index in [0.717, 1.165) is 5.56 Å². The molecule has 4 rings (SSSR count). The van der Waals surface area contributed by atoms with Crippen molar-refractivity contribution in [2.45, 2.75) is 6.92 Å². The molecule has 1 aromatic heterocycles. The Morgan fingerprint density at radius 2 is 1.77 bits per heavy atom. The van der Waals surface area contributed by atoms with Crippen molar-refractivity contribution in [1.82, 2.24) is 0 Å². The molecule has 2 aromatic carbocycles. The number of amides is 2. The predicted molar refractivity (Wildman–Crippen MR) is 118 cm³/mol. The van der Waals surface area contributed by atoms with Crippen LogP contribution in [0.4, 0.5) is 11.4 Å². The molecule has 0 fully saturated rings. The molecule has 1 N–H and O–H groups in total. The van der Waals surface area contributed by atoms with Gasteiger partial charge < -0.3 is 14.8 Å². The van der Waals surface area contributed by atoms with Gasteiger partial charge in [-0.1, -0.05) is 18.2 Å². The maximum atomic E-state index is 13.4. The highest BCUT2D eigenvalue weighted by Gasteiger charge is 2.41. The van der Waals surface area contributed by atoms with Crippen molar-refractivity contribution in [2.75, 3.05) is 24.4 Å². The quantitative estimate of drug-likeness (QED) is 0.596. The number of carbonyl (C=O) groups excluding carboxylic acids is 2. The largest absolute Gasteiger partial charge is 0.497 e. The molecule has 0 saturated heterocycles. The summed E-state index contributed by atoms with van der Waals surface area (Å²) in [6.07, 6.45) is 0. The molecule has 0 unspecified atom stereocenters. The van der Waals surface area contributed by atoms with E-state index in [0.29, 0.717) is 33.3 Å². The topological polar surface area (TPSA) is 67.9 Å². The number of hydrogen-bond donors (Lipinski definition) is 1. The number of nitrogens with one attached hydrogen (secondary N) is 1. The van der Waals surface area contributed by atoms with Gasteiger partial charge in [0.25, 0.3) is 11.8 Å². The van der Waals surface area contributed by atoms with Crippen molar-refractivity contribution in [3.8, 4) is 11.5 Å². The first-order chi connectivity index (χ1) is 14.5. The summed E-state index contributed by atoms with van der Waals surface area (Å²) in [5.41, 5.74) is 2.57. The van der Waals surface area contributed by atoms with Gasteiger partial charge in [0.05, 0.1) is 31.2 Å². The van der Waals surface area contributed by atoms with Crippen molar-refractivity contribution in [1.29, 1.82) is 0 Å². The number of methoxy groups -OCH3 is 2. The van der Waals surface area contributed by atoms with Crippen LogP contribution in [0.5, 0.6) is 11.5 Å². The Bertz CT molecular complexity index is 1150. The fourth-order valence-corrected chi connectivity index (χ4v) is 4.11. The average molecular weight is 420 g/mol. The molecule has 7 heteroatoms. The number of benzene rings is 2. The minimum Gasteiger partial charge on any atom is -0.497 e. The van der Waals surface area contributed by atoms with E-state index in [2.05, 4.69) is 5.32 Å². The molecule has 6 nitrogen and oxygen atoms in total. The second-order valence-corrected chi connectivity index (χ2v) is 7.65. The third-order valence-corrected chi connectivity index (χ3v) is 5.67. The van der Waals surface area contributed by atoms with Gasteiger partial charge in [-0.25, -0.2) is 4.90 Å². The summed E-state index contributed by atoms with van der Waals surface area (Å²) in [5.74, 6) is 0.350. The standard InChI is InChI=1S/C23H20N2O4S/c1-14-6-4-7-15(12-14)25-22(26)20(19-8-5-11-30-19)21(23(25)27)24-17-13-16(28-2)9-10-18(17)29-3/h4-13,24H,1-3H3. The van der Waals surface area contributed by atoms with E-state index in [1.54, 1.807) is 38.5 Å². The molecule has 30 heavy (non-hydrogen) atoms. The van der Waals surface area contributed by atoms with E-state index in [9.17, 15) is 9.59 Å². The minimum absolute atomic E-state index is 0.204. The summed E-state index contributed by atoms with van der Waals surface area (Å²) in [6, 6.07) is 16.2. The molecule has 1 aliphatic rings. The maximum absolute atomic E-state index is 13.4. The number of hydrogen-bond acceptors (Lipinski definition) is 6. The molecular weight excluding hydrogens is 400 g/mol. The molecule has 1 aliphatic heterocycles. The maximum Gasteiger partial charge on any atom is 0.282 e. The highest BCUT2D eigenvalue weighted by molar-refractivity contribution is 7.11. The number of thiophene rings is 1. The Hall–Kier alpha value is -3.58. The monoisotopic (exact) mass is 420 g/mol. The Morgan fingerprint density at radius 3 is 2.43 bits per heavy atom. The lowest BCUT2D eigenvalue weighted by Gasteiger charge is -2.16. The first-order valence-electron chi connectivity index (χ1n) is 9.26. The zero-order valence-corrected chi connectivity index (χ0v) is 17.6. The van der Waals surface area contributed by atoms with E-state index in [4.69, 9.17) is 9.47 Å². The van der Waals surface area contributed by atoms with E-state index in [-0.39, 0.29) is 11.6 Å². The molecule has 3 aromatic rings. The Balaban J connectivity index is 1.83. The number of ether oxygens (including phenoxy) is 2. The van der Waals surface area contributed by atoms with Gasteiger partial charge in [0.2, 0.25) is 0 Å². The second-order valence-electron chi connectivity index (χ2n) is 6.70. The van der Waals surface area contributed by atoms with Crippen molar-refractivity contribution >= 4 is 40.1 Å². The highest BCUT2D eigenvalue weighted by Crippen LogP contribution is 2.38. The van der Waals surface area contributed by atoms with E-state index < -0.39 is 5.91 Å². The van der Waals surface area contributed by atoms with E-state index >= 15 is 0 Å². The van der Waals surface area contributed by atoms with Crippen LogP contribution in [0.15, 0.2) is 65.7 Å². The third-order valence-electron chi connectivity index (χ3n) is 4.78. The Labute approximate surface area is 178 Å². The summed E-state index contributed by atoms with van der Waals surface area (Å²) in [6.45, 7) is 1.92. The molecule has 0 aliphatic carbocycles. The van der Waals surface area contributed by atoms with Crippen molar-refractivity contribution in [3.63, 3.8) is 0 Å². The normalized spacial score (nSPS) is 13.8. The van der Waals surface area contributed by atoms with Crippen LogP contribution >= 0.6 is 11.3 Å². The van der Waals surface area contributed by atoms with Gasteiger partial charge in [0.15, 0.2) is 0 Å². The van der Waals surface area contributed by atoms with Crippen LogP contribution in [0.1, 0.15) is 10.4 Å². The van der Waals surface area contributed by atoms with Gasteiger partial charge >= 0.3 is 0 Å². The summed E-state index contributed by atoms with van der Waals surface area (Å²) in [4.78, 5) is 28.7. The fourth-order valence-electron chi connectivity index (χ4n) is 3.34. The van der Waals surface area contributed by atoms with Crippen molar-refractivity contribution < 1.29 is 19.1 Å². The zero-order valence-electron chi connectivity index (χ0n) is 16.8. The van der Waals surface area contributed by atoms with Gasteiger partial charge in [0.1, 0.15) is 17.2 Å². The van der Waals surface area contributed by atoms with Crippen molar-refractivity contribution in [3.05, 3.63) is 76.1 Å². The molecule has 0 saturated carbocycles. The summed E-state index contributed by atoms with van der Waals surface area (Å²) in [7, 11) is 3.11. The minimum atomic E-state index is -0.418. The molecule has 0 radical (unpaired) electrons. The molecule has 2 heterocycles. The molecule has 0 bridgehead atoms. The Morgan fingerprint density at radius 1 is 0.933 bits per heavy atom. The van der Waals surface area contributed by atoms with Crippen LogP contribution in [0.3, 0.4) is 0 Å². The van der Waals surface area contributed by atoms with Gasteiger partial charge in [-0.15, -0.1) is 11.3 Å². The van der Waals surface area contributed by atoms with Crippen LogP contribution in [0.2, 0.25) is 0 Å². The molecule has 0 spiro atoms.